The minimum atomic E-state index is -0.233. The maximum absolute atomic E-state index is 11.2. The van der Waals surface area contributed by atoms with Gasteiger partial charge in [0, 0.05) is 12.6 Å². The van der Waals surface area contributed by atoms with Crippen molar-refractivity contribution in [3.63, 3.8) is 0 Å². The van der Waals surface area contributed by atoms with Crippen molar-refractivity contribution in [2.45, 2.75) is 6.42 Å². The number of H-pyrrole nitrogens is 1. The first kappa shape index (κ1) is 7.16. The Morgan fingerprint density at radius 3 is 3.08 bits per heavy atom. The molecule has 0 saturated carbocycles. The molecule has 0 bridgehead atoms. The molecule has 1 aliphatic heterocycles. The quantitative estimate of drug-likeness (QED) is 0.635. The Bertz CT molecular complexity index is 311. The zero-order chi connectivity index (χ0) is 8.39. The molecule has 1 aromatic heterocycles. The first-order valence-corrected chi connectivity index (χ1v) is 3.89. The molecule has 2 heterocycles. The number of aromatic amines is 1. The molecule has 0 aliphatic carbocycles. The van der Waals surface area contributed by atoms with Crippen LogP contribution >= 0.6 is 0 Å². The fourth-order valence-electron chi connectivity index (χ4n) is 1.23. The number of cyclic esters (lactones) is 1. The van der Waals surface area contributed by atoms with E-state index in [0.717, 1.165) is 12.1 Å². The molecule has 0 spiro atoms. The molecular formula is C9H9NO2. The van der Waals surface area contributed by atoms with E-state index in [-0.39, 0.29) is 5.97 Å². The highest BCUT2D eigenvalue weighted by Gasteiger charge is 2.16. The summed E-state index contributed by atoms with van der Waals surface area (Å²) in [6.45, 7) is 0.503. The molecule has 3 heteroatoms. The molecule has 0 radical (unpaired) electrons. The van der Waals surface area contributed by atoms with Crippen LogP contribution < -0.4 is 0 Å². The van der Waals surface area contributed by atoms with Gasteiger partial charge in [0.2, 0.25) is 0 Å². The van der Waals surface area contributed by atoms with Gasteiger partial charge in [-0.1, -0.05) is 6.08 Å². The number of carbonyl (C=O) groups excluding carboxylic acids is 1. The lowest BCUT2D eigenvalue weighted by Gasteiger charge is -2.10. The van der Waals surface area contributed by atoms with Gasteiger partial charge in [-0.05, 0) is 12.1 Å². The molecule has 0 saturated heterocycles. The van der Waals surface area contributed by atoms with E-state index in [9.17, 15) is 4.79 Å². The second kappa shape index (κ2) is 2.85. The number of nitrogens with one attached hydrogen (secondary N) is 1. The lowest BCUT2D eigenvalue weighted by Crippen LogP contribution is -2.12. The number of aromatic nitrogens is 1. The van der Waals surface area contributed by atoms with Crippen LogP contribution in [-0.4, -0.2) is 17.6 Å². The van der Waals surface area contributed by atoms with Crippen molar-refractivity contribution in [2.75, 3.05) is 6.61 Å². The second-order valence-corrected chi connectivity index (χ2v) is 2.63. The molecule has 1 aliphatic rings. The van der Waals surface area contributed by atoms with Crippen LogP contribution in [0.3, 0.4) is 0 Å². The fourth-order valence-corrected chi connectivity index (χ4v) is 1.23. The number of ether oxygens (including phenoxy) is 1. The van der Waals surface area contributed by atoms with Crippen LogP contribution in [0.1, 0.15) is 12.1 Å². The highest BCUT2D eigenvalue weighted by Crippen LogP contribution is 2.17. The van der Waals surface area contributed by atoms with E-state index in [1.54, 1.807) is 6.20 Å². The smallest absolute Gasteiger partial charge is 0.339 e. The van der Waals surface area contributed by atoms with Crippen LogP contribution in [0.25, 0.3) is 5.57 Å². The molecule has 0 aromatic carbocycles. The predicted molar refractivity (Wildman–Crippen MR) is 44.3 cm³/mol. The Morgan fingerprint density at radius 1 is 1.50 bits per heavy atom. The molecule has 1 N–H and O–H groups in total. The van der Waals surface area contributed by atoms with Crippen LogP contribution in [0.4, 0.5) is 0 Å². The van der Waals surface area contributed by atoms with E-state index in [1.165, 1.54) is 0 Å². The molecule has 62 valence electrons. The van der Waals surface area contributed by atoms with Crippen LogP contribution in [-0.2, 0) is 9.53 Å². The van der Waals surface area contributed by atoms with Gasteiger partial charge < -0.3 is 9.72 Å². The van der Waals surface area contributed by atoms with E-state index in [1.807, 2.05) is 18.2 Å². The molecule has 0 unspecified atom stereocenters. The summed E-state index contributed by atoms with van der Waals surface area (Å²) >= 11 is 0. The number of hydrogen-bond acceptors (Lipinski definition) is 2. The van der Waals surface area contributed by atoms with Crippen molar-refractivity contribution in [3.8, 4) is 0 Å². The minimum absolute atomic E-state index is 0.233. The summed E-state index contributed by atoms with van der Waals surface area (Å²) in [6.07, 6.45) is 4.50. The summed E-state index contributed by atoms with van der Waals surface area (Å²) in [5.41, 5.74) is 1.48. The summed E-state index contributed by atoms with van der Waals surface area (Å²) in [5, 5.41) is 0. The van der Waals surface area contributed by atoms with Crippen molar-refractivity contribution in [1.82, 2.24) is 4.98 Å². The van der Waals surface area contributed by atoms with Crippen molar-refractivity contribution < 1.29 is 9.53 Å². The first-order chi connectivity index (χ1) is 5.88. The topological polar surface area (TPSA) is 42.1 Å². The Balaban J connectivity index is 2.34. The monoisotopic (exact) mass is 163 g/mol. The lowest BCUT2D eigenvalue weighted by molar-refractivity contribution is -0.137. The van der Waals surface area contributed by atoms with E-state index >= 15 is 0 Å². The zero-order valence-corrected chi connectivity index (χ0v) is 6.54. The predicted octanol–water partition coefficient (Wildman–Crippen LogP) is 1.34. The largest absolute Gasteiger partial charge is 0.462 e. The van der Waals surface area contributed by atoms with Gasteiger partial charge >= 0.3 is 5.97 Å². The van der Waals surface area contributed by atoms with Gasteiger partial charge in [-0.15, -0.1) is 0 Å². The van der Waals surface area contributed by atoms with Crippen molar-refractivity contribution >= 4 is 11.5 Å². The summed E-state index contributed by atoms with van der Waals surface area (Å²) in [6, 6.07) is 3.72. The third kappa shape index (κ3) is 1.13. The van der Waals surface area contributed by atoms with Gasteiger partial charge in [0.25, 0.3) is 0 Å². The molecule has 0 atom stereocenters. The number of carbonyl (C=O) groups is 1. The lowest BCUT2D eigenvalue weighted by atomic mass is 10.1. The SMILES string of the molecule is O=C1OCCC=C1c1ccc[nH]1. The Labute approximate surface area is 70.0 Å². The molecule has 12 heavy (non-hydrogen) atoms. The number of hydrogen-bond donors (Lipinski definition) is 1. The van der Waals surface area contributed by atoms with Crippen molar-refractivity contribution in [1.29, 1.82) is 0 Å². The van der Waals surface area contributed by atoms with Crippen molar-refractivity contribution in [2.24, 2.45) is 0 Å². The molecule has 2 rings (SSSR count). The Hall–Kier alpha value is -1.51. The van der Waals surface area contributed by atoms with Gasteiger partial charge in [0.15, 0.2) is 0 Å². The Kier molecular flexibility index (Phi) is 1.70. The maximum atomic E-state index is 11.2. The Morgan fingerprint density at radius 2 is 2.42 bits per heavy atom. The third-order valence-corrected chi connectivity index (χ3v) is 1.81. The first-order valence-electron chi connectivity index (χ1n) is 3.89. The number of esters is 1. The summed E-state index contributed by atoms with van der Waals surface area (Å²) in [7, 11) is 0. The van der Waals surface area contributed by atoms with Gasteiger partial charge in [0.1, 0.15) is 0 Å². The van der Waals surface area contributed by atoms with Gasteiger partial charge in [-0.2, -0.15) is 0 Å². The van der Waals surface area contributed by atoms with E-state index < -0.39 is 0 Å². The second-order valence-electron chi connectivity index (χ2n) is 2.63. The summed E-state index contributed by atoms with van der Waals surface area (Å²) < 4.78 is 4.89. The molecule has 3 nitrogen and oxygen atoms in total. The molecular weight excluding hydrogens is 154 g/mol. The normalized spacial score (nSPS) is 17.0. The average molecular weight is 163 g/mol. The molecule has 1 aromatic rings. The summed E-state index contributed by atoms with van der Waals surface area (Å²) in [4.78, 5) is 14.2. The summed E-state index contributed by atoms with van der Waals surface area (Å²) in [5.74, 6) is -0.233. The van der Waals surface area contributed by atoms with Gasteiger partial charge in [-0.3, -0.25) is 0 Å². The van der Waals surface area contributed by atoms with Crippen LogP contribution in [0.15, 0.2) is 24.4 Å². The third-order valence-electron chi connectivity index (χ3n) is 1.81. The molecule has 0 fully saturated rings. The molecule has 0 amide bonds. The number of rotatable bonds is 1. The average Bonchev–Trinajstić information content (AvgIpc) is 2.57. The van der Waals surface area contributed by atoms with Gasteiger partial charge in [0.05, 0.1) is 17.9 Å². The van der Waals surface area contributed by atoms with Crippen LogP contribution in [0.2, 0.25) is 0 Å². The van der Waals surface area contributed by atoms with E-state index in [2.05, 4.69) is 4.98 Å². The van der Waals surface area contributed by atoms with Crippen LogP contribution in [0.5, 0.6) is 0 Å². The standard InChI is InChI=1S/C9H9NO2/c11-9-7(3-2-6-12-9)8-4-1-5-10-8/h1,3-5,10H,2,6H2. The van der Waals surface area contributed by atoms with Crippen molar-refractivity contribution in [3.05, 3.63) is 30.1 Å². The maximum Gasteiger partial charge on any atom is 0.339 e. The highest BCUT2D eigenvalue weighted by atomic mass is 16.5. The zero-order valence-electron chi connectivity index (χ0n) is 6.54. The van der Waals surface area contributed by atoms with E-state index in [0.29, 0.717) is 12.2 Å². The highest BCUT2D eigenvalue weighted by molar-refractivity contribution is 6.16. The minimum Gasteiger partial charge on any atom is -0.462 e. The fraction of sp³-hybridized carbons (Fsp3) is 0.222. The van der Waals surface area contributed by atoms with Gasteiger partial charge in [-0.25, -0.2) is 4.79 Å². The van der Waals surface area contributed by atoms with Crippen LogP contribution in [0, 0.1) is 0 Å². The van der Waals surface area contributed by atoms with E-state index in [4.69, 9.17) is 4.74 Å².